The van der Waals surface area contributed by atoms with Gasteiger partial charge in [0.2, 0.25) is 11.8 Å². The second kappa shape index (κ2) is 15.4. The van der Waals surface area contributed by atoms with Crippen molar-refractivity contribution in [3.63, 3.8) is 0 Å². The second-order valence-corrected chi connectivity index (χ2v) is 12.8. The van der Waals surface area contributed by atoms with Gasteiger partial charge in [-0.25, -0.2) is 8.42 Å². The van der Waals surface area contributed by atoms with E-state index in [1.165, 1.54) is 17.0 Å². The number of nitrogens with zero attached hydrogens (tertiary/aromatic N) is 2. The van der Waals surface area contributed by atoms with Crippen LogP contribution >= 0.6 is 0 Å². The van der Waals surface area contributed by atoms with Crippen LogP contribution in [0.2, 0.25) is 0 Å². The molecule has 8 nitrogen and oxygen atoms in total. The maximum atomic E-state index is 14.5. The van der Waals surface area contributed by atoms with Gasteiger partial charge in [-0.15, -0.1) is 0 Å². The molecule has 2 amide bonds. The molecule has 4 aromatic carbocycles. The standard InChI is InChI=1S/C36H41N3O5S/c1-5-21-37-36(41)34(24-29-13-8-6-9-14-29)38(25-30-15-12-16-32(23-30)44-4)35(40)26-39(31-20-19-27(2)28(3)22-31)45(42,43)33-17-10-7-11-18-33/h6-20,22-23,34H,5,21,24-26H2,1-4H3,(H,37,41)/t34-/m1/s1. The highest BCUT2D eigenvalue weighted by Gasteiger charge is 2.34. The van der Waals surface area contributed by atoms with Gasteiger partial charge in [0.1, 0.15) is 18.3 Å². The van der Waals surface area contributed by atoms with E-state index < -0.39 is 28.5 Å². The number of ether oxygens (including phenoxy) is 1. The fraction of sp³-hybridized carbons (Fsp3) is 0.278. The van der Waals surface area contributed by atoms with Gasteiger partial charge in [0, 0.05) is 19.5 Å². The summed E-state index contributed by atoms with van der Waals surface area (Å²) in [6.07, 6.45) is 0.977. The Labute approximate surface area is 266 Å². The Balaban J connectivity index is 1.81. The molecular weight excluding hydrogens is 586 g/mol. The zero-order chi connectivity index (χ0) is 32.4. The van der Waals surface area contributed by atoms with Crippen LogP contribution in [0.1, 0.15) is 35.6 Å². The molecule has 0 aromatic heterocycles. The van der Waals surface area contributed by atoms with Crippen molar-refractivity contribution in [1.29, 1.82) is 0 Å². The van der Waals surface area contributed by atoms with Crippen molar-refractivity contribution < 1.29 is 22.7 Å². The van der Waals surface area contributed by atoms with Crippen LogP contribution < -0.4 is 14.4 Å². The molecule has 1 N–H and O–H groups in total. The second-order valence-electron chi connectivity index (χ2n) is 11.0. The lowest BCUT2D eigenvalue weighted by Gasteiger charge is -2.34. The van der Waals surface area contributed by atoms with Crippen molar-refractivity contribution >= 4 is 27.5 Å². The highest BCUT2D eigenvalue weighted by atomic mass is 32.2. The SMILES string of the molecule is CCCNC(=O)[C@@H](Cc1ccccc1)N(Cc1cccc(OC)c1)C(=O)CN(c1ccc(C)c(C)c1)S(=O)(=O)c1ccccc1. The molecule has 0 aliphatic heterocycles. The number of hydrogen-bond donors (Lipinski definition) is 1. The van der Waals surface area contributed by atoms with Gasteiger partial charge < -0.3 is 15.0 Å². The number of aryl methyl sites for hydroxylation is 2. The minimum Gasteiger partial charge on any atom is -0.497 e. The van der Waals surface area contributed by atoms with E-state index in [9.17, 15) is 18.0 Å². The van der Waals surface area contributed by atoms with E-state index in [1.807, 2.05) is 75.4 Å². The Hall–Kier alpha value is -4.63. The van der Waals surface area contributed by atoms with Crippen LogP contribution in [0.15, 0.2) is 108 Å². The first-order valence-corrected chi connectivity index (χ1v) is 16.5. The number of amides is 2. The molecule has 0 saturated heterocycles. The van der Waals surface area contributed by atoms with Crippen molar-refractivity contribution in [3.8, 4) is 5.75 Å². The number of nitrogens with one attached hydrogen (secondary N) is 1. The molecule has 45 heavy (non-hydrogen) atoms. The molecule has 4 rings (SSSR count). The maximum absolute atomic E-state index is 14.5. The topological polar surface area (TPSA) is 96.0 Å². The van der Waals surface area contributed by atoms with E-state index in [0.29, 0.717) is 18.0 Å². The van der Waals surface area contributed by atoms with Gasteiger partial charge in [-0.3, -0.25) is 13.9 Å². The lowest BCUT2D eigenvalue weighted by atomic mass is 10.0. The van der Waals surface area contributed by atoms with Gasteiger partial charge in [0.05, 0.1) is 17.7 Å². The normalized spacial score (nSPS) is 11.8. The molecule has 1 atom stereocenters. The average Bonchev–Trinajstić information content (AvgIpc) is 3.06. The number of methoxy groups -OCH3 is 1. The van der Waals surface area contributed by atoms with Crippen molar-refractivity contribution in [3.05, 3.63) is 125 Å². The van der Waals surface area contributed by atoms with Crippen LogP contribution in [0.3, 0.4) is 0 Å². The van der Waals surface area contributed by atoms with Crippen molar-refractivity contribution in [2.24, 2.45) is 0 Å². The molecule has 0 aliphatic carbocycles. The Kier molecular flexibility index (Phi) is 11.4. The van der Waals surface area contributed by atoms with Gasteiger partial charge in [-0.05, 0) is 78.9 Å². The number of carbonyl (C=O) groups is 2. The van der Waals surface area contributed by atoms with Gasteiger partial charge in [-0.2, -0.15) is 0 Å². The molecular formula is C36H41N3O5S. The summed E-state index contributed by atoms with van der Waals surface area (Å²) in [7, 11) is -2.59. The van der Waals surface area contributed by atoms with E-state index in [1.54, 1.807) is 43.5 Å². The van der Waals surface area contributed by atoms with Crippen LogP contribution in [0.25, 0.3) is 0 Å². The summed E-state index contributed by atoms with van der Waals surface area (Å²) in [5.74, 6) is -0.206. The molecule has 0 heterocycles. The summed E-state index contributed by atoms with van der Waals surface area (Å²) in [6.45, 7) is 5.82. The number of carbonyl (C=O) groups excluding carboxylic acids is 2. The van der Waals surface area contributed by atoms with Crippen molar-refractivity contribution in [1.82, 2.24) is 10.2 Å². The quantitative estimate of drug-likeness (QED) is 0.194. The Bertz CT molecular complexity index is 1690. The van der Waals surface area contributed by atoms with E-state index in [-0.39, 0.29) is 23.8 Å². The number of anilines is 1. The highest BCUT2D eigenvalue weighted by Crippen LogP contribution is 2.27. The minimum absolute atomic E-state index is 0.0666. The first-order chi connectivity index (χ1) is 21.6. The third-order valence-electron chi connectivity index (χ3n) is 7.70. The molecule has 0 unspecified atom stereocenters. The fourth-order valence-corrected chi connectivity index (χ4v) is 6.44. The van der Waals surface area contributed by atoms with Crippen molar-refractivity contribution in [2.45, 2.75) is 51.1 Å². The minimum atomic E-state index is -4.15. The zero-order valence-electron chi connectivity index (χ0n) is 26.3. The van der Waals surface area contributed by atoms with Crippen molar-refractivity contribution in [2.75, 3.05) is 24.5 Å². The third kappa shape index (κ3) is 8.51. The van der Waals surface area contributed by atoms with E-state index in [2.05, 4.69) is 5.32 Å². The molecule has 0 radical (unpaired) electrons. The van der Waals surface area contributed by atoms with Gasteiger partial charge in [-0.1, -0.05) is 73.7 Å². The summed E-state index contributed by atoms with van der Waals surface area (Å²) in [6, 6.07) is 29.3. The predicted molar refractivity (Wildman–Crippen MR) is 178 cm³/mol. The number of rotatable bonds is 14. The molecule has 0 saturated carbocycles. The summed E-state index contributed by atoms with van der Waals surface area (Å²) >= 11 is 0. The lowest BCUT2D eigenvalue weighted by molar-refractivity contribution is -0.140. The smallest absolute Gasteiger partial charge is 0.264 e. The molecule has 0 fully saturated rings. The van der Waals surface area contributed by atoms with Gasteiger partial charge >= 0.3 is 0 Å². The van der Waals surface area contributed by atoms with Crippen LogP contribution in [0.5, 0.6) is 5.75 Å². The maximum Gasteiger partial charge on any atom is 0.264 e. The van der Waals surface area contributed by atoms with E-state index in [4.69, 9.17) is 4.74 Å². The first-order valence-electron chi connectivity index (χ1n) is 15.0. The third-order valence-corrected chi connectivity index (χ3v) is 9.48. The molecule has 0 bridgehead atoms. The summed E-state index contributed by atoms with van der Waals surface area (Å²) in [4.78, 5) is 29.8. The van der Waals surface area contributed by atoms with Gasteiger partial charge in [0.15, 0.2) is 0 Å². The van der Waals surface area contributed by atoms with Gasteiger partial charge in [0.25, 0.3) is 10.0 Å². The van der Waals surface area contributed by atoms with Crippen LogP contribution in [0.4, 0.5) is 5.69 Å². The summed E-state index contributed by atoms with van der Waals surface area (Å²) in [5, 5.41) is 2.96. The Morgan fingerprint density at radius 1 is 0.822 bits per heavy atom. The Morgan fingerprint density at radius 2 is 1.49 bits per heavy atom. The number of sulfonamides is 1. The molecule has 9 heteroatoms. The van der Waals surface area contributed by atoms with Crippen LogP contribution in [-0.4, -0.2) is 51.4 Å². The van der Waals surface area contributed by atoms with Crippen LogP contribution in [-0.2, 0) is 32.6 Å². The lowest BCUT2D eigenvalue weighted by Crippen LogP contribution is -2.53. The summed E-state index contributed by atoms with van der Waals surface area (Å²) < 4.78 is 34.8. The van der Waals surface area contributed by atoms with E-state index in [0.717, 1.165) is 33.0 Å². The Morgan fingerprint density at radius 3 is 2.13 bits per heavy atom. The van der Waals surface area contributed by atoms with Crippen LogP contribution in [0, 0.1) is 13.8 Å². The highest BCUT2D eigenvalue weighted by molar-refractivity contribution is 7.92. The molecule has 0 aliphatic rings. The number of benzene rings is 4. The number of hydrogen-bond acceptors (Lipinski definition) is 5. The largest absolute Gasteiger partial charge is 0.497 e. The average molecular weight is 628 g/mol. The monoisotopic (exact) mass is 627 g/mol. The molecule has 4 aromatic rings. The summed E-state index contributed by atoms with van der Waals surface area (Å²) in [5.41, 5.74) is 3.87. The molecule has 236 valence electrons. The fourth-order valence-electron chi connectivity index (χ4n) is 5.02. The van der Waals surface area contributed by atoms with E-state index >= 15 is 0 Å². The zero-order valence-corrected chi connectivity index (χ0v) is 27.1. The first kappa shape index (κ1) is 33.3. The molecule has 0 spiro atoms. The predicted octanol–water partition coefficient (Wildman–Crippen LogP) is 5.67.